The van der Waals surface area contributed by atoms with Crippen LogP contribution in [0, 0.1) is 0 Å². The molecule has 2 amide bonds. The number of rotatable bonds is 5. The van der Waals surface area contributed by atoms with Crippen molar-refractivity contribution < 1.29 is 9.59 Å². The van der Waals surface area contributed by atoms with Gasteiger partial charge < -0.3 is 16.4 Å². The number of anilines is 1. The van der Waals surface area contributed by atoms with Crippen LogP contribution in [0.2, 0.25) is 0 Å². The highest BCUT2D eigenvalue weighted by molar-refractivity contribution is 7.20. The van der Waals surface area contributed by atoms with Gasteiger partial charge in [0, 0.05) is 16.9 Å². The van der Waals surface area contributed by atoms with Crippen molar-refractivity contribution in [3.8, 4) is 0 Å². The fraction of sp³-hybridized carbons (Fsp3) is 0.333. The summed E-state index contributed by atoms with van der Waals surface area (Å²) >= 11 is 1.39. The summed E-state index contributed by atoms with van der Waals surface area (Å²) in [5.41, 5.74) is 6.39. The van der Waals surface area contributed by atoms with Gasteiger partial charge in [0.15, 0.2) is 0 Å². The van der Waals surface area contributed by atoms with E-state index < -0.39 is 6.04 Å². The molecule has 6 heteroatoms. The van der Waals surface area contributed by atoms with Gasteiger partial charge in [0.1, 0.15) is 6.04 Å². The molecule has 2 rings (SSSR count). The summed E-state index contributed by atoms with van der Waals surface area (Å²) in [5.74, 6) is -0.413. The fourth-order valence-electron chi connectivity index (χ4n) is 1.91. The number of hydrogen-bond acceptors (Lipinski definition) is 4. The summed E-state index contributed by atoms with van der Waals surface area (Å²) in [5, 5.41) is 6.40. The molecule has 112 valence electrons. The first kappa shape index (κ1) is 15.3. The lowest BCUT2D eigenvalue weighted by atomic mass is 10.2. The van der Waals surface area contributed by atoms with Gasteiger partial charge >= 0.3 is 0 Å². The van der Waals surface area contributed by atoms with Gasteiger partial charge in [-0.05, 0) is 43.0 Å². The van der Waals surface area contributed by atoms with Crippen molar-refractivity contribution in [3.05, 3.63) is 29.1 Å². The monoisotopic (exact) mass is 305 g/mol. The second-order valence-corrected chi connectivity index (χ2v) is 5.98. The maximum Gasteiger partial charge on any atom is 0.262 e. The Morgan fingerprint density at radius 3 is 2.81 bits per heavy atom. The number of nitrogen functional groups attached to an aromatic ring is 1. The van der Waals surface area contributed by atoms with Crippen molar-refractivity contribution in [2.24, 2.45) is 0 Å². The van der Waals surface area contributed by atoms with Crippen LogP contribution in [-0.2, 0) is 4.79 Å². The Labute approximate surface area is 127 Å². The molecule has 1 unspecified atom stereocenters. The van der Waals surface area contributed by atoms with E-state index in [2.05, 4.69) is 10.6 Å². The zero-order valence-electron chi connectivity index (χ0n) is 12.1. The third-order valence-corrected chi connectivity index (χ3v) is 4.17. The highest BCUT2D eigenvalue weighted by atomic mass is 32.1. The Morgan fingerprint density at radius 1 is 1.33 bits per heavy atom. The number of benzene rings is 1. The number of fused-ring (bicyclic) bond motifs is 1. The first-order valence-electron chi connectivity index (χ1n) is 6.89. The average Bonchev–Trinajstić information content (AvgIpc) is 2.87. The molecular weight excluding hydrogens is 286 g/mol. The highest BCUT2D eigenvalue weighted by Gasteiger charge is 2.17. The van der Waals surface area contributed by atoms with Crippen LogP contribution in [0.1, 0.15) is 29.9 Å². The quantitative estimate of drug-likeness (QED) is 0.740. The fourth-order valence-corrected chi connectivity index (χ4v) is 2.85. The van der Waals surface area contributed by atoms with Gasteiger partial charge in [-0.15, -0.1) is 11.3 Å². The smallest absolute Gasteiger partial charge is 0.262 e. The van der Waals surface area contributed by atoms with Crippen LogP contribution in [0.4, 0.5) is 5.69 Å². The van der Waals surface area contributed by atoms with E-state index in [4.69, 9.17) is 5.73 Å². The Balaban J connectivity index is 2.06. The van der Waals surface area contributed by atoms with E-state index in [0.29, 0.717) is 17.1 Å². The van der Waals surface area contributed by atoms with Crippen molar-refractivity contribution in [2.75, 3.05) is 12.3 Å². The molecule has 0 saturated carbocycles. The minimum absolute atomic E-state index is 0.171. The van der Waals surface area contributed by atoms with Crippen LogP contribution in [0.5, 0.6) is 0 Å². The Kier molecular flexibility index (Phi) is 4.80. The molecule has 5 nitrogen and oxygen atoms in total. The molecule has 1 heterocycles. The average molecular weight is 305 g/mol. The molecule has 0 aliphatic rings. The van der Waals surface area contributed by atoms with E-state index in [-0.39, 0.29) is 11.8 Å². The summed E-state index contributed by atoms with van der Waals surface area (Å²) in [6, 6.07) is 6.77. The number of hydrogen-bond donors (Lipinski definition) is 3. The lowest BCUT2D eigenvalue weighted by Crippen LogP contribution is -2.44. The summed E-state index contributed by atoms with van der Waals surface area (Å²) in [6.45, 7) is 4.27. The van der Waals surface area contributed by atoms with E-state index in [0.717, 1.165) is 16.5 Å². The van der Waals surface area contributed by atoms with Gasteiger partial charge in [0.05, 0.1) is 4.88 Å². The highest BCUT2D eigenvalue weighted by Crippen LogP contribution is 2.27. The number of thiophene rings is 1. The predicted octanol–water partition coefficient (Wildman–Crippen LogP) is 2.13. The number of nitrogens with one attached hydrogen (secondary N) is 2. The predicted molar refractivity (Wildman–Crippen MR) is 86.5 cm³/mol. The van der Waals surface area contributed by atoms with E-state index in [9.17, 15) is 9.59 Å². The molecule has 0 bridgehead atoms. The topological polar surface area (TPSA) is 84.2 Å². The number of carbonyl (C=O) groups excluding carboxylic acids is 2. The van der Waals surface area contributed by atoms with E-state index in [1.54, 1.807) is 19.1 Å². The minimum atomic E-state index is -0.556. The number of nitrogens with two attached hydrogens (primary N) is 1. The molecule has 1 aromatic carbocycles. The molecule has 0 aliphatic heterocycles. The Hall–Kier alpha value is -2.08. The van der Waals surface area contributed by atoms with Crippen LogP contribution >= 0.6 is 11.3 Å². The molecule has 0 radical (unpaired) electrons. The molecule has 21 heavy (non-hydrogen) atoms. The van der Waals surface area contributed by atoms with Gasteiger partial charge in [-0.1, -0.05) is 6.92 Å². The second-order valence-electron chi connectivity index (χ2n) is 4.89. The van der Waals surface area contributed by atoms with Gasteiger partial charge in [-0.25, -0.2) is 0 Å². The van der Waals surface area contributed by atoms with Gasteiger partial charge in [-0.3, -0.25) is 9.59 Å². The normalized spacial score (nSPS) is 12.1. The Bertz CT molecular complexity index is 666. The van der Waals surface area contributed by atoms with E-state index >= 15 is 0 Å². The van der Waals surface area contributed by atoms with Crippen molar-refractivity contribution in [2.45, 2.75) is 26.3 Å². The maximum atomic E-state index is 12.2. The zero-order valence-corrected chi connectivity index (χ0v) is 12.9. The lowest BCUT2D eigenvalue weighted by Gasteiger charge is -2.12. The largest absolute Gasteiger partial charge is 0.399 e. The molecular formula is C15H19N3O2S. The first-order chi connectivity index (χ1) is 10.0. The molecule has 0 fully saturated rings. The number of carbonyl (C=O) groups is 2. The lowest BCUT2D eigenvalue weighted by molar-refractivity contribution is -0.122. The summed E-state index contributed by atoms with van der Waals surface area (Å²) < 4.78 is 0.998. The summed E-state index contributed by atoms with van der Waals surface area (Å²) in [7, 11) is 0. The van der Waals surface area contributed by atoms with Crippen molar-refractivity contribution in [3.63, 3.8) is 0 Å². The maximum absolute atomic E-state index is 12.2. The third-order valence-electron chi connectivity index (χ3n) is 3.05. The molecule has 0 saturated heterocycles. The summed E-state index contributed by atoms with van der Waals surface area (Å²) in [4.78, 5) is 24.5. The molecule has 0 spiro atoms. The zero-order chi connectivity index (χ0) is 15.4. The third kappa shape index (κ3) is 3.72. The molecule has 2 aromatic rings. The SMILES string of the molecule is CCCNC(=O)C(C)NC(=O)c1cc2cc(N)ccc2s1. The minimum Gasteiger partial charge on any atom is -0.399 e. The van der Waals surface area contributed by atoms with Crippen LogP contribution < -0.4 is 16.4 Å². The summed E-state index contributed by atoms with van der Waals surface area (Å²) in [6.07, 6.45) is 0.865. The molecule has 1 aromatic heterocycles. The Morgan fingerprint density at radius 2 is 2.10 bits per heavy atom. The van der Waals surface area contributed by atoms with Gasteiger partial charge in [-0.2, -0.15) is 0 Å². The molecule has 4 N–H and O–H groups in total. The standard InChI is InChI=1S/C15H19N3O2S/c1-3-6-17-14(19)9(2)18-15(20)13-8-10-7-11(16)4-5-12(10)21-13/h4-5,7-9H,3,6,16H2,1-2H3,(H,17,19)(H,18,20). The van der Waals surface area contributed by atoms with Crippen LogP contribution in [0.25, 0.3) is 10.1 Å². The second kappa shape index (κ2) is 6.58. The van der Waals surface area contributed by atoms with E-state index in [1.807, 2.05) is 19.1 Å². The van der Waals surface area contributed by atoms with Gasteiger partial charge in [0.25, 0.3) is 5.91 Å². The first-order valence-corrected chi connectivity index (χ1v) is 7.70. The van der Waals surface area contributed by atoms with Gasteiger partial charge in [0.2, 0.25) is 5.91 Å². The number of amides is 2. The van der Waals surface area contributed by atoms with Crippen molar-refractivity contribution >= 4 is 38.9 Å². The van der Waals surface area contributed by atoms with Crippen LogP contribution in [-0.4, -0.2) is 24.4 Å². The van der Waals surface area contributed by atoms with Crippen molar-refractivity contribution in [1.82, 2.24) is 10.6 Å². The molecule has 1 atom stereocenters. The van der Waals surface area contributed by atoms with Crippen molar-refractivity contribution in [1.29, 1.82) is 0 Å². The molecule has 0 aliphatic carbocycles. The van der Waals surface area contributed by atoms with Crippen LogP contribution in [0.3, 0.4) is 0 Å². The van der Waals surface area contributed by atoms with Crippen LogP contribution in [0.15, 0.2) is 24.3 Å². The van der Waals surface area contributed by atoms with E-state index in [1.165, 1.54) is 11.3 Å².